The first-order valence-corrected chi connectivity index (χ1v) is 10.3. The van der Waals surface area contributed by atoms with Crippen LogP contribution in [0.25, 0.3) is 11.0 Å². The Morgan fingerprint density at radius 2 is 1.85 bits per heavy atom. The third-order valence-corrected chi connectivity index (χ3v) is 6.17. The van der Waals surface area contributed by atoms with Gasteiger partial charge in [0.2, 0.25) is 0 Å². The molecule has 2 aliphatic rings. The number of hydrogen-bond donors (Lipinski definition) is 0. The fraction of sp³-hybridized carbons (Fsp3) is 0.667. The highest BCUT2D eigenvalue weighted by Gasteiger charge is 2.27. The van der Waals surface area contributed by atoms with E-state index in [9.17, 15) is 4.39 Å². The van der Waals surface area contributed by atoms with Gasteiger partial charge in [-0.3, -0.25) is 4.57 Å². The van der Waals surface area contributed by atoms with E-state index in [1.165, 1.54) is 44.6 Å². The van der Waals surface area contributed by atoms with Crippen LogP contribution in [0.2, 0.25) is 0 Å². The van der Waals surface area contributed by atoms with Gasteiger partial charge in [0.05, 0.1) is 17.6 Å². The van der Waals surface area contributed by atoms with Gasteiger partial charge in [-0.05, 0) is 70.8 Å². The number of rotatable bonds is 5. The third-order valence-electron chi connectivity index (χ3n) is 6.17. The molecule has 0 unspecified atom stereocenters. The second-order valence-corrected chi connectivity index (χ2v) is 8.11. The highest BCUT2D eigenvalue weighted by atomic mass is 19.1. The predicted molar refractivity (Wildman–Crippen MR) is 106 cm³/mol. The molecule has 2 saturated heterocycles. The lowest BCUT2D eigenvalue weighted by Crippen LogP contribution is -2.41. The van der Waals surface area contributed by atoms with Crippen LogP contribution in [0.15, 0.2) is 18.2 Å². The summed E-state index contributed by atoms with van der Waals surface area (Å²) >= 11 is 0. The second-order valence-electron chi connectivity index (χ2n) is 8.11. The van der Waals surface area contributed by atoms with Crippen molar-refractivity contribution in [1.29, 1.82) is 0 Å². The lowest BCUT2D eigenvalue weighted by molar-refractivity contribution is 0.126. The number of benzene rings is 1. The third kappa shape index (κ3) is 4.11. The van der Waals surface area contributed by atoms with Gasteiger partial charge in [-0.25, -0.2) is 4.39 Å². The Bertz CT molecular complexity index is 761. The van der Waals surface area contributed by atoms with Crippen molar-refractivity contribution in [3.63, 3.8) is 0 Å². The van der Waals surface area contributed by atoms with Crippen LogP contribution in [0.3, 0.4) is 0 Å². The van der Waals surface area contributed by atoms with Crippen LogP contribution < -0.4 is 4.74 Å². The molecule has 2 aromatic rings. The van der Waals surface area contributed by atoms with Gasteiger partial charge in [0, 0.05) is 31.7 Å². The van der Waals surface area contributed by atoms with Crippen molar-refractivity contribution >= 4 is 11.0 Å². The standard InChI is InChI=1S/C21H31FN4O/c1-3-27-21-23-19-14-17(22)4-5-20(19)26(21)18-8-12-25(13-9-18)15-16-6-10-24(2)11-7-16/h4-5,14,16,18H,3,6-13,15H2,1-2H3. The molecule has 1 aromatic heterocycles. The maximum Gasteiger partial charge on any atom is 0.297 e. The minimum absolute atomic E-state index is 0.247. The lowest BCUT2D eigenvalue weighted by Gasteiger charge is -2.37. The van der Waals surface area contributed by atoms with E-state index in [1.54, 1.807) is 0 Å². The molecule has 0 bridgehead atoms. The highest BCUT2D eigenvalue weighted by molar-refractivity contribution is 5.77. The molecule has 5 nitrogen and oxygen atoms in total. The molecule has 0 spiro atoms. The first-order chi connectivity index (χ1) is 13.1. The summed E-state index contributed by atoms with van der Waals surface area (Å²) in [6.07, 6.45) is 4.83. The molecule has 2 fully saturated rings. The van der Waals surface area contributed by atoms with Gasteiger partial charge in [-0.2, -0.15) is 4.98 Å². The van der Waals surface area contributed by atoms with Crippen molar-refractivity contribution in [2.75, 3.05) is 46.4 Å². The van der Waals surface area contributed by atoms with Crippen LogP contribution in [0.5, 0.6) is 6.01 Å². The molecular formula is C21H31FN4O. The zero-order chi connectivity index (χ0) is 18.8. The summed E-state index contributed by atoms with van der Waals surface area (Å²) in [5.74, 6) is 0.594. The SMILES string of the molecule is CCOc1nc2cc(F)ccc2n1C1CCN(CC2CCN(C)CC2)CC1. The number of halogens is 1. The molecule has 148 valence electrons. The Morgan fingerprint density at radius 1 is 1.11 bits per heavy atom. The maximum absolute atomic E-state index is 13.6. The van der Waals surface area contributed by atoms with E-state index < -0.39 is 0 Å². The summed E-state index contributed by atoms with van der Waals surface area (Å²) in [6, 6.07) is 5.86. The molecule has 3 heterocycles. The highest BCUT2D eigenvalue weighted by Crippen LogP contribution is 2.33. The first kappa shape index (κ1) is 18.7. The molecule has 0 saturated carbocycles. The molecule has 2 aliphatic heterocycles. The molecule has 0 amide bonds. The van der Waals surface area contributed by atoms with Crippen molar-refractivity contribution in [3.8, 4) is 6.01 Å². The van der Waals surface area contributed by atoms with Crippen molar-refractivity contribution in [2.45, 2.75) is 38.6 Å². The van der Waals surface area contributed by atoms with Crippen molar-refractivity contribution in [2.24, 2.45) is 5.92 Å². The topological polar surface area (TPSA) is 33.5 Å². The van der Waals surface area contributed by atoms with E-state index in [0.717, 1.165) is 37.4 Å². The van der Waals surface area contributed by atoms with Gasteiger partial charge in [0.1, 0.15) is 5.82 Å². The average Bonchev–Trinajstić information content (AvgIpc) is 3.01. The molecule has 27 heavy (non-hydrogen) atoms. The number of likely N-dealkylation sites (tertiary alicyclic amines) is 2. The van der Waals surface area contributed by atoms with Crippen molar-refractivity contribution in [1.82, 2.24) is 19.4 Å². The Morgan fingerprint density at radius 3 is 2.56 bits per heavy atom. The summed E-state index contributed by atoms with van der Waals surface area (Å²) in [4.78, 5) is 9.61. The Labute approximate surface area is 161 Å². The number of ether oxygens (including phenoxy) is 1. The van der Waals surface area contributed by atoms with E-state index in [-0.39, 0.29) is 5.82 Å². The molecule has 1 aromatic carbocycles. The van der Waals surface area contributed by atoms with E-state index in [4.69, 9.17) is 4.74 Å². The zero-order valence-corrected chi connectivity index (χ0v) is 16.5. The van der Waals surface area contributed by atoms with Crippen LogP contribution in [0.1, 0.15) is 38.6 Å². The van der Waals surface area contributed by atoms with Crippen molar-refractivity contribution < 1.29 is 9.13 Å². The Hall–Kier alpha value is -1.66. The summed E-state index contributed by atoms with van der Waals surface area (Å²) in [7, 11) is 2.22. The van der Waals surface area contributed by atoms with E-state index in [1.807, 2.05) is 13.0 Å². The van der Waals surface area contributed by atoms with Gasteiger partial charge in [0.25, 0.3) is 6.01 Å². The molecular weight excluding hydrogens is 343 g/mol. The number of piperidine rings is 2. The smallest absolute Gasteiger partial charge is 0.297 e. The van der Waals surface area contributed by atoms with Gasteiger partial charge < -0.3 is 14.5 Å². The molecule has 0 radical (unpaired) electrons. The Kier molecular flexibility index (Phi) is 5.64. The fourth-order valence-electron chi connectivity index (χ4n) is 4.60. The monoisotopic (exact) mass is 374 g/mol. The lowest BCUT2D eigenvalue weighted by atomic mass is 9.95. The zero-order valence-electron chi connectivity index (χ0n) is 16.5. The minimum atomic E-state index is -0.247. The fourth-order valence-corrected chi connectivity index (χ4v) is 4.60. The Balaban J connectivity index is 1.44. The van der Waals surface area contributed by atoms with E-state index in [0.29, 0.717) is 24.2 Å². The largest absolute Gasteiger partial charge is 0.465 e. The summed E-state index contributed by atoms with van der Waals surface area (Å²) in [5.41, 5.74) is 1.67. The first-order valence-electron chi connectivity index (χ1n) is 10.3. The number of aromatic nitrogens is 2. The molecule has 6 heteroatoms. The number of fused-ring (bicyclic) bond motifs is 1. The van der Waals surface area contributed by atoms with E-state index >= 15 is 0 Å². The molecule has 4 rings (SSSR count). The van der Waals surface area contributed by atoms with Crippen LogP contribution in [0.4, 0.5) is 4.39 Å². The maximum atomic E-state index is 13.6. The van der Waals surface area contributed by atoms with Crippen LogP contribution >= 0.6 is 0 Å². The van der Waals surface area contributed by atoms with Crippen LogP contribution in [-0.4, -0.2) is 65.7 Å². The predicted octanol–water partition coefficient (Wildman–Crippen LogP) is 3.55. The molecule has 0 N–H and O–H groups in total. The van der Waals surface area contributed by atoms with Gasteiger partial charge >= 0.3 is 0 Å². The van der Waals surface area contributed by atoms with Gasteiger partial charge in [0.15, 0.2) is 0 Å². The van der Waals surface area contributed by atoms with Gasteiger partial charge in [-0.1, -0.05) is 0 Å². The van der Waals surface area contributed by atoms with Crippen LogP contribution in [0, 0.1) is 11.7 Å². The summed E-state index contributed by atoms with van der Waals surface area (Å²) < 4.78 is 21.6. The van der Waals surface area contributed by atoms with E-state index in [2.05, 4.69) is 26.4 Å². The number of imidazole rings is 1. The quantitative estimate of drug-likeness (QED) is 0.801. The normalized spacial score (nSPS) is 21.1. The van der Waals surface area contributed by atoms with Crippen molar-refractivity contribution in [3.05, 3.63) is 24.0 Å². The number of hydrogen-bond acceptors (Lipinski definition) is 4. The summed E-state index contributed by atoms with van der Waals surface area (Å²) in [5, 5.41) is 0. The van der Waals surface area contributed by atoms with Gasteiger partial charge in [-0.15, -0.1) is 0 Å². The molecule has 0 atom stereocenters. The number of nitrogens with zero attached hydrogens (tertiary/aromatic N) is 4. The summed E-state index contributed by atoms with van der Waals surface area (Å²) in [6.45, 7) is 8.46. The average molecular weight is 375 g/mol. The van der Waals surface area contributed by atoms with Crippen LogP contribution in [-0.2, 0) is 0 Å². The molecule has 0 aliphatic carbocycles. The minimum Gasteiger partial charge on any atom is -0.465 e. The second kappa shape index (κ2) is 8.15.